The molecule has 1 aromatic heterocycles. The van der Waals surface area contributed by atoms with Gasteiger partial charge in [-0.25, -0.2) is 9.37 Å². The van der Waals surface area contributed by atoms with E-state index in [9.17, 15) is 4.39 Å². The summed E-state index contributed by atoms with van der Waals surface area (Å²) in [6.07, 6.45) is 1.96. The van der Waals surface area contributed by atoms with Crippen molar-refractivity contribution in [2.45, 2.75) is 13.5 Å². The lowest BCUT2D eigenvalue weighted by molar-refractivity contribution is 0.623. The van der Waals surface area contributed by atoms with Crippen LogP contribution in [0, 0.1) is 12.7 Å². The van der Waals surface area contributed by atoms with Gasteiger partial charge in [0, 0.05) is 24.0 Å². The Labute approximate surface area is 122 Å². The molecule has 21 heavy (non-hydrogen) atoms. The van der Waals surface area contributed by atoms with Crippen LogP contribution in [0.25, 0.3) is 11.4 Å². The molecule has 0 saturated heterocycles. The standard InChI is InChI=1S/C17H16FN3/c1-12-10-21(11-13-4-2-6-15(18)8-13)17(20-12)14-5-3-7-16(19)9-14/h2-10H,11,19H2,1H3. The molecule has 0 amide bonds. The zero-order valence-electron chi connectivity index (χ0n) is 11.8. The van der Waals surface area contributed by atoms with Crippen LogP contribution in [0.15, 0.2) is 54.7 Å². The molecule has 0 atom stereocenters. The van der Waals surface area contributed by atoms with Gasteiger partial charge in [-0.3, -0.25) is 0 Å². The first-order valence-corrected chi connectivity index (χ1v) is 6.76. The molecule has 0 unspecified atom stereocenters. The minimum absolute atomic E-state index is 0.227. The first kappa shape index (κ1) is 13.4. The molecule has 0 radical (unpaired) electrons. The van der Waals surface area contributed by atoms with E-state index in [0.717, 1.165) is 22.6 Å². The minimum Gasteiger partial charge on any atom is -0.399 e. The molecule has 106 valence electrons. The van der Waals surface area contributed by atoms with Crippen LogP contribution in [0.3, 0.4) is 0 Å². The van der Waals surface area contributed by atoms with E-state index in [1.165, 1.54) is 6.07 Å². The summed E-state index contributed by atoms with van der Waals surface area (Å²) in [4.78, 5) is 4.55. The second-order valence-electron chi connectivity index (χ2n) is 5.09. The maximum Gasteiger partial charge on any atom is 0.140 e. The Kier molecular flexibility index (Phi) is 3.44. The molecule has 0 aliphatic heterocycles. The van der Waals surface area contributed by atoms with Gasteiger partial charge in [0.25, 0.3) is 0 Å². The number of hydrogen-bond donors (Lipinski definition) is 1. The number of benzene rings is 2. The molecule has 0 aliphatic carbocycles. The van der Waals surface area contributed by atoms with Crippen molar-refractivity contribution < 1.29 is 4.39 Å². The highest BCUT2D eigenvalue weighted by atomic mass is 19.1. The third-order valence-electron chi connectivity index (χ3n) is 3.28. The predicted molar refractivity (Wildman–Crippen MR) is 82.3 cm³/mol. The average Bonchev–Trinajstić information content (AvgIpc) is 2.79. The highest BCUT2D eigenvalue weighted by Crippen LogP contribution is 2.22. The van der Waals surface area contributed by atoms with Crippen LogP contribution in [0.2, 0.25) is 0 Å². The highest BCUT2D eigenvalue weighted by Gasteiger charge is 2.09. The Morgan fingerprint density at radius 3 is 2.71 bits per heavy atom. The van der Waals surface area contributed by atoms with E-state index in [-0.39, 0.29) is 5.82 Å². The van der Waals surface area contributed by atoms with Crippen molar-refractivity contribution in [3.05, 3.63) is 71.8 Å². The molecule has 2 aromatic carbocycles. The zero-order valence-corrected chi connectivity index (χ0v) is 11.8. The molecule has 0 fully saturated rings. The second kappa shape index (κ2) is 5.40. The Morgan fingerprint density at radius 2 is 1.95 bits per heavy atom. The fourth-order valence-corrected chi connectivity index (χ4v) is 2.41. The SMILES string of the molecule is Cc1cn(Cc2cccc(F)c2)c(-c2cccc(N)c2)n1. The molecule has 4 heteroatoms. The fourth-order valence-electron chi connectivity index (χ4n) is 2.41. The van der Waals surface area contributed by atoms with Gasteiger partial charge in [-0.15, -0.1) is 0 Å². The smallest absolute Gasteiger partial charge is 0.140 e. The number of aromatic nitrogens is 2. The van der Waals surface area contributed by atoms with Crippen molar-refractivity contribution in [1.82, 2.24) is 9.55 Å². The molecule has 3 rings (SSSR count). The van der Waals surface area contributed by atoms with E-state index < -0.39 is 0 Å². The van der Waals surface area contributed by atoms with E-state index in [4.69, 9.17) is 5.73 Å². The summed E-state index contributed by atoms with van der Waals surface area (Å²) in [6.45, 7) is 2.51. The van der Waals surface area contributed by atoms with E-state index in [0.29, 0.717) is 12.2 Å². The molecule has 0 saturated carbocycles. The Balaban J connectivity index is 2.00. The van der Waals surface area contributed by atoms with Crippen LogP contribution in [0.1, 0.15) is 11.3 Å². The van der Waals surface area contributed by atoms with E-state index in [2.05, 4.69) is 4.98 Å². The lowest BCUT2D eigenvalue weighted by Gasteiger charge is -2.08. The van der Waals surface area contributed by atoms with Crippen LogP contribution in [-0.4, -0.2) is 9.55 Å². The molecule has 1 heterocycles. The average molecular weight is 281 g/mol. The first-order chi connectivity index (χ1) is 10.1. The van der Waals surface area contributed by atoms with Crippen LogP contribution in [0.5, 0.6) is 0 Å². The van der Waals surface area contributed by atoms with Crippen LogP contribution >= 0.6 is 0 Å². The van der Waals surface area contributed by atoms with Gasteiger partial charge in [-0.05, 0) is 36.8 Å². The van der Waals surface area contributed by atoms with Crippen LogP contribution < -0.4 is 5.73 Å². The number of aryl methyl sites for hydroxylation is 1. The summed E-state index contributed by atoms with van der Waals surface area (Å²) in [5.74, 6) is 0.610. The molecule has 3 nitrogen and oxygen atoms in total. The summed E-state index contributed by atoms with van der Waals surface area (Å²) in [6, 6.07) is 14.2. The molecule has 0 aliphatic rings. The summed E-state index contributed by atoms with van der Waals surface area (Å²) in [5.41, 5.74) is 9.32. The van der Waals surface area contributed by atoms with Crippen molar-refractivity contribution in [2.24, 2.45) is 0 Å². The number of nitrogens with zero attached hydrogens (tertiary/aromatic N) is 2. The molecule has 0 bridgehead atoms. The lowest BCUT2D eigenvalue weighted by Crippen LogP contribution is -2.01. The maximum absolute atomic E-state index is 13.3. The summed E-state index contributed by atoms with van der Waals surface area (Å²) in [7, 11) is 0. The molecule has 3 aromatic rings. The third-order valence-corrected chi connectivity index (χ3v) is 3.28. The number of hydrogen-bond acceptors (Lipinski definition) is 2. The quantitative estimate of drug-likeness (QED) is 0.745. The van der Waals surface area contributed by atoms with Gasteiger partial charge in [0.05, 0.1) is 5.69 Å². The van der Waals surface area contributed by atoms with Gasteiger partial charge in [0.15, 0.2) is 0 Å². The highest BCUT2D eigenvalue weighted by molar-refractivity contribution is 5.61. The molecular weight excluding hydrogens is 265 g/mol. The number of rotatable bonds is 3. The number of halogens is 1. The van der Waals surface area contributed by atoms with Crippen molar-refractivity contribution in [2.75, 3.05) is 5.73 Å². The topological polar surface area (TPSA) is 43.8 Å². The van der Waals surface area contributed by atoms with Gasteiger partial charge >= 0.3 is 0 Å². The third kappa shape index (κ3) is 2.94. The zero-order chi connectivity index (χ0) is 14.8. The van der Waals surface area contributed by atoms with Gasteiger partial charge in [-0.1, -0.05) is 24.3 Å². The van der Waals surface area contributed by atoms with Crippen molar-refractivity contribution in [3.63, 3.8) is 0 Å². The fraction of sp³-hybridized carbons (Fsp3) is 0.118. The number of nitrogen functional groups attached to an aromatic ring is 1. The van der Waals surface area contributed by atoms with Crippen molar-refractivity contribution >= 4 is 5.69 Å². The van der Waals surface area contributed by atoms with Gasteiger partial charge in [0.2, 0.25) is 0 Å². The van der Waals surface area contributed by atoms with Crippen LogP contribution in [0.4, 0.5) is 10.1 Å². The summed E-state index contributed by atoms with van der Waals surface area (Å²) >= 11 is 0. The first-order valence-electron chi connectivity index (χ1n) is 6.76. The predicted octanol–water partition coefficient (Wildman–Crippen LogP) is 3.63. The summed E-state index contributed by atoms with van der Waals surface area (Å²) < 4.78 is 15.3. The summed E-state index contributed by atoms with van der Waals surface area (Å²) in [5, 5.41) is 0. The Hall–Kier alpha value is -2.62. The van der Waals surface area contributed by atoms with Crippen LogP contribution in [-0.2, 0) is 6.54 Å². The molecular formula is C17H16FN3. The Bertz CT molecular complexity index is 777. The van der Waals surface area contributed by atoms with Gasteiger partial charge in [0.1, 0.15) is 11.6 Å². The Morgan fingerprint density at radius 1 is 1.14 bits per heavy atom. The van der Waals surface area contributed by atoms with Gasteiger partial charge < -0.3 is 10.3 Å². The van der Waals surface area contributed by atoms with Gasteiger partial charge in [-0.2, -0.15) is 0 Å². The number of nitrogens with two attached hydrogens (primary N) is 1. The molecule has 0 spiro atoms. The normalized spacial score (nSPS) is 10.8. The number of anilines is 1. The number of imidazole rings is 1. The van der Waals surface area contributed by atoms with E-state index >= 15 is 0 Å². The maximum atomic E-state index is 13.3. The largest absolute Gasteiger partial charge is 0.399 e. The monoisotopic (exact) mass is 281 g/mol. The molecule has 2 N–H and O–H groups in total. The van der Waals surface area contributed by atoms with E-state index in [1.807, 2.05) is 48.0 Å². The lowest BCUT2D eigenvalue weighted by atomic mass is 10.1. The van der Waals surface area contributed by atoms with Crippen molar-refractivity contribution in [3.8, 4) is 11.4 Å². The van der Waals surface area contributed by atoms with Crippen molar-refractivity contribution in [1.29, 1.82) is 0 Å². The minimum atomic E-state index is -0.227. The van der Waals surface area contributed by atoms with E-state index in [1.54, 1.807) is 12.1 Å². The second-order valence-corrected chi connectivity index (χ2v) is 5.09.